The van der Waals surface area contributed by atoms with Crippen molar-refractivity contribution in [2.75, 3.05) is 5.32 Å². The lowest BCUT2D eigenvalue weighted by Gasteiger charge is -2.19. The number of benzene rings is 2. The van der Waals surface area contributed by atoms with E-state index in [4.69, 9.17) is 0 Å². The van der Waals surface area contributed by atoms with Gasteiger partial charge in [-0.1, -0.05) is 57.9 Å². The Morgan fingerprint density at radius 2 is 1.75 bits per heavy atom. The summed E-state index contributed by atoms with van der Waals surface area (Å²) in [6.45, 7) is 2.09. The van der Waals surface area contributed by atoms with Crippen molar-refractivity contribution in [1.82, 2.24) is 0 Å². The first-order valence-electron chi connectivity index (χ1n) is 6.77. The molecule has 20 heavy (non-hydrogen) atoms. The van der Waals surface area contributed by atoms with Gasteiger partial charge in [-0.05, 0) is 36.1 Å². The van der Waals surface area contributed by atoms with Crippen LogP contribution in [0.3, 0.4) is 0 Å². The average molecular weight is 330 g/mol. The Bertz CT molecular complexity index is 649. The van der Waals surface area contributed by atoms with Crippen molar-refractivity contribution in [3.63, 3.8) is 0 Å². The molecule has 0 saturated carbocycles. The van der Waals surface area contributed by atoms with Crippen molar-refractivity contribution in [3.05, 3.63) is 64.7 Å². The molecule has 1 amide bonds. The number of carbonyl (C=O) groups excluding carboxylic acids is 1. The van der Waals surface area contributed by atoms with Gasteiger partial charge in [-0.15, -0.1) is 0 Å². The van der Waals surface area contributed by atoms with Gasteiger partial charge in [-0.3, -0.25) is 4.79 Å². The van der Waals surface area contributed by atoms with Gasteiger partial charge in [-0.2, -0.15) is 0 Å². The van der Waals surface area contributed by atoms with Crippen molar-refractivity contribution in [1.29, 1.82) is 0 Å². The molecule has 1 aliphatic rings. The quantitative estimate of drug-likeness (QED) is 0.814. The van der Waals surface area contributed by atoms with E-state index in [2.05, 4.69) is 64.6 Å². The molecule has 2 aromatic carbocycles. The van der Waals surface area contributed by atoms with E-state index in [1.54, 1.807) is 0 Å². The summed E-state index contributed by atoms with van der Waals surface area (Å²) in [5.41, 5.74) is 5.91. The molecule has 3 heteroatoms. The molecule has 102 valence electrons. The van der Waals surface area contributed by atoms with Gasteiger partial charge in [0.1, 0.15) is 0 Å². The Kier molecular flexibility index (Phi) is 3.62. The fraction of sp³-hybridized carbons (Fsp3) is 0.235. The molecule has 3 rings (SSSR count). The van der Waals surface area contributed by atoms with Crippen LogP contribution in [0.2, 0.25) is 0 Å². The number of fused-ring (bicyclic) bond motifs is 1. The van der Waals surface area contributed by atoms with Crippen molar-refractivity contribution in [2.24, 2.45) is 0 Å². The number of carbonyl (C=O) groups is 1. The molecule has 1 heterocycles. The van der Waals surface area contributed by atoms with Gasteiger partial charge >= 0.3 is 0 Å². The van der Waals surface area contributed by atoms with Gasteiger partial charge in [0, 0.05) is 12.1 Å². The number of alkyl halides is 1. The van der Waals surface area contributed by atoms with E-state index in [1.807, 2.05) is 6.07 Å². The van der Waals surface area contributed by atoms with E-state index in [0.717, 1.165) is 12.1 Å². The number of hydrogen-bond acceptors (Lipinski definition) is 1. The molecule has 1 N–H and O–H groups in total. The fourth-order valence-electron chi connectivity index (χ4n) is 2.49. The number of nitrogens with one attached hydrogen (secondary N) is 1. The molecule has 0 spiro atoms. The van der Waals surface area contributed by atoms with Gasteiger partial charge in [0.15, 0.2) is 0 Å². The van der Waals surface area contributed by atoms with Crippen LogP contribution in [-0.2, 0) is 11.2 Å². The summed E-state index contributed by atoms with van der Waals surface area (Å²) >= 11 is 3.77. The minimum absolute atomic E-state index is 0.110. The van der Waals surface area contributed by atoms with Crippen LogP contribution >= 0.6 is 15.9 Å². The molecule has 0 aromatic heterocycles. The first-order chi connectivity index (χ1) is 9.63. The number of rotatable bonds is 2. The third kappa shape index (κ3) is 2.63. The fourth-order valence-corrected chi connectivity index (χ4v) is 3.08. The van der Waals surface area contributed by atoms with Crippen molar-refractivity contribution in [3.8, 4) is 0 Å². The summed E-state index contributed by atoms with van der Waals surface area (Å²) in [6.07, 6.45) is 1.40. The van der Waals surface area contributed by atoms with E-state index in [0.29, 0.717) is 6.42 Å². The standard InChI is InChI=1S/C17H16BrNO/c1-11-2-4-12(5-3-11)17(18)14-6-8-15-13(10-14)7-9-16(20)19-15/h2-6,8,10,17H,7,9H2,1H3,(H,19,20). The summed E-state index contributed by atoms with van der Waals surface area (Å²) in [5.74, 6) is 0.110. The van der Waals surface area contributed by atoms with E-state index in [9.17, 15) is 4.79 Å². The molecular weight excluding hydrogens is 314 g/mol. The van der Waals surface area contributed by atoms with Crippen molar-refractivity contribution >= 4 is 27.5 Å². The summed E-state index contributed by atoms with van der Waals surface area (Å²) < 4.78 is 0. The zero-order valence-electron chi connectivity index (χ0n) is 11.3. The van der Waals surface area contributed by atoms with Crippen LogP contribution in [0.15, 0.2) is 42.5 Å². The van der Waals surface area contributed by atoms with Crippen LogP contribution in [-0.4, -0.2) is 5.91 Å². The largest absolute Gasteiger partial charge is 0.326 e. The van der Waals surface area contributed by atoms with E-state index >= 15 is 0 Å². The predicted molar refractivity (Wildman–Crippen MR) is 85.3 cm³/mol. The molecule has 2 aromatic rings. The average Bonchev–Trinajstić information content (AvgIpc) is 2.47. The first kappa shape index (κ1) is 13.4. The Labute approximate surface area is 127 Å². The lowest BCUT2D eigenvalue weighted by molar-refractivity contribution is -0.116. The Morgan fingerprint density at radius 1 is 1.05 bits per heavy atom. The normalized spacial score (nSPS) is 15.4. The molecule has 0 saturated heterocycles. The monoisotopic (exact) mass is 329 g/mol. The SMILES string of the molecule is Cc1ccc(C(Br)c2ccc3c(c2)CCC(=O)N3)cc1. The minimum Gasteiger partial charge on any atom is -0.326 e. The van der Waals surface area contributed by atoms with Crippen LogP contribution in [0.25, 0.3) is 0 Å². The minimum atomic E-state index is 0.110. The maximum Gasteiger partial charge on any atom is 0.224 e. The van der Waals surface area contributed by atoms with Crippen LogP contribution in [0.4, 0.5) is 5.69 Å². The topological polar surface area (TPSA) is 29.1 Å². The maximum atomic E-state index is 11.4. The Balaban J connectivity index is 1.90. The van der Waals surface area contributed by atoms with Crippen LogP contribution < -0.4 is 5.32 Å². The lowest BCUT2D eigenvalue weighted by Crippen LogP contribution is -2.19. The highest BCUT2D eigenvalue weighted by Crippen LogP contribution is 2.34. The zero-order valence-corrected chi connectivity index (χ0v) is 12.9. The number of aryl methyl sites for hydroxylation is 2. The third-order valence-corrected chi connectivity index (χ3v) is 4.74. The molecule has 2 nitrogen and oxygen atoms in total. The van der Waals surface area contributed by atoms with E-state index < -0.39 is 0 Å². The second-order valence-corrected chi connectivity index (χ2v) is 6.15. The lowest BCUT2D eigenvalue weighted by atomic mass is 9.97. The molecule has 1 atom stereocenters. The van der Waals surface area contributed by atoms with Gasteiger partial charge in [0.25, 0.3) is 0 Å². The molecule has 0 fully saturated rings. The Hall–Kier alpha value is -1.61. The molecule has 0 bridgehead atoms. The number of amides is 1. The third-order valence-electron chi connectivity index (χ3n) is 3.69. The highest BCUT2D eigenvalue weighted by atomic mass is 79.9. The second-order valence-electron chi connectivity index (χ2n) is 5.24. The highest BCUT2D eigenvalue weighted by molar-refractivity contribution is 9.09. The molecule has 0 aliphatic carbocycles. The molecule has 1 aliphatic heterocycles. The van der Waals surface area contributed by atoms with Crippen molar-refractivity contribution in [2.45, 2.75) is 24.6 Å². The summed E-state index contributed by atoms with van der Waals surface area (Å²) in [6, 6.07) is 14.8. The number of hydrogen-bond donors (Lipinski definition) is 1. The summed E-state index contributed by atoms with van der Waals surface area (Å²) in [4.78, 5) is 11.6. The van der Waals surface area contributed by atoms with Crippen molar-refractivity contribution < 1.29 is 4.79 Å². The van der Waals surface area contributed by atoms with Crippen LogP contribution in [0.5, 0.6) is 0 Å². The first-order valence-corrected chi connectivity index (χ1v) is 7.68. The zero-order chi connectivity index (χ0) is 14.1. The van der Waals surface area contributed by atoms with Crippen LogP contribution in [0.1, 0.15) is 33.5 Å². The summed E-state index contributed by atoms with van der Waals surface area (Å²) in [7, 11) is 0. The van der Waals surface area contributed by atoms with E-state index in [-0.39, 0.29) is 10.7 Å². The molecular formula is C17H16BrNO. The molecule has 1 unspecified atom stereocenters. The maximum absolute atomic E-state index is 11.4. The number of anilines is 1. The predicted octanol–water partition coefficient (Wildman–Crippen LogP) is 4.36. The smallest absolute Gasteiger partial charge is 0.224 e. The second kappa shape index (κ2) is 5.41. The van der Waals surface area contributed by atoms with Gasteiger partial charge < -0.3 is 5.32 Å². The van der Waals surface area contributed by atoms with Gasteiger partial charge in [0.2, 0.25) is 5.91 Å². The van der Waals surface area contributed by atoms with Gasteiger partial charge in [0.05, 0.1) is 4.83 Å². The summed E-state index contributed by atoms with van der Waals surface area (Å²) in [5, 5.41) is 2.92. The van der Waals surface area contributed by atoms with Crippen LogP contribution in [0, 0.1) is 6.92 Å². The number of halogens is 1. The van der Waals surface area contributed by atoms with Gasteiger partial charge in [-0.25, -0.2) is 0 Å². The van der Waals surface area contributed by atoms with E-state index in [1.165, 1.54) is 22.3 Å². The highest BCUT2D eigenvalue weighted by Gasteiger charge is 2.17. The molecule has 0 radical (unpaired) electrons. The Morgan fingerprint density at radius 3 is 2.50 bits per heavy atom.